The maximum Gasteiger partial charge on any atom is 0.252 e. The van der Waals surface area contributed by atoms with Gasteiger partial charge in [0.1, 0.15) is 5.15 Å². The molecule has 0 spiro atoms. The molecule has 0 bridgehead atoms. The Bertz CT molecular complexity index is 340. The second kappa shape index (κ2) is 6.45. The highest BCUT2D eigenvalue weighted by Crippen LogP contribution is 2.05. The van der Waals surface area contributed by atoms with Gasteiger partial charge in [-0.15, -0.1) is 0 Å². The van der Waals surface area contributed by atoms with Crippen molar-refractivity contribution in [3.63, 3.8) is 0 Å². The Balaban J connectivity index is 2.43. The minimum absolute atomic E-state index is 0.146. The molecule has 1 atom stereocenters. The van der Waals surface area contributed by atoms with Crippen LogP contribution in [0.1, 0.15) is 17.3 Å². The molecular formula is C11H15ClN2O2. The first kappa shape index (κ1) is 12.9. The van der Waals surface area contributed by atoms with Crippen LogP contribution in [0.15, 0.2) is 18.3 Å². The number of rotatable bonds is 5. The second-order valence-electron chi connectivity index (χ2n) is 3.64. The summed E-state index contributed by atoms with van der Waals surface area (Å²) < 4.78 is 4.98. The van der Waals surface area contributed by atoms with Crippen LogP contribution in [0.25, 0.3) is 0 Å². The number of halogens is 1. The van der Waals surface area contributed by atoms with Gasteiger partial charge >= 0.3 is 0 Å². The molecule has 16 heavy (non-hydrogen) atoms. The van der Waals surface area contributed by atoms with Crippen molar-refractivity contribution in [1.29, 1.82) is 0 Å². The van der Waals surface area contributed by atoms with Gasteiger partial charge in [-0.05, 0) is 18.1 Å². The van der Waals surface area contributed by atoms with Gasteiger partial charge in [0.05, 0.1) is 12.2 Å². The zero-order valence-corrected chi connectivity index (χ0v) is 10.1. The van der Waals surface area contributed by atoms with E-state index < -0.39 is 0 Å². The molecule has 0 radical (unpaired) electrons. The summed E-state index contributed by atoms with van der Waals surface area (Å²) in [6.45, 7) is 3.21. The van der Waals surface area contributed by atoms with Gasteiger partial charge in [0.2, 0.25) is 0 Å². The monoisotopic (exact) mass is 242 g/mol. The van der Waals surface area contributed by atoms with Gasteiger partial charge in [-0.3, -0.25) is 4.79 Å². The van der Waals surface area contributed by atoms with Gasteiger partial charge in [-0.1, -0.05) is 18.5 Å². The molecule has 0 saturated carbocycles. The lowest BCUT2D eigenvalue weighted by Crippen LogP contribution is -2.29. The van der Waals surface area contributed by atoms with Crippen LogP contribution in [0, 0.1) is 5.92 Å². The van der Waals surface area contributed by atoms with Crippen LogP contribution >= 0.6 is 11.6 Å². The van der Waals surface area contributed by atoms with Crippen molar-refractivity contribution in [1.82, 2.24) is 10.3 Å². The quantitative estimate of drug-likeness (QED) is 0.801. The number of amides is 1. The van der Waals surface area contributed by atoms with Gasteiger partial charge in [0, 0.05) is 19.9 Å². The largest absolute Gasteiger partial charge is 0.384 e. The fourth-order valence-electron chi connectivity index (χ4n) is 1.22. The smallest absolute Gasteiger partial charge is 0.252 e. The van der Waals surface area contributed by atoms with Gasteiger partial charge in [-0.2, -0.15) is 0 Å². The highest BCUT2D eigenvalue weighted by Gasteiger charge is 2.07. The molecule has 1 amide bonds. The van der Waals surface area contributed by atoms with Crippen molar-refractivity contribution in [3.8, 4) is 0 Å². The zero-order chi connectivity index (χ0) is 12.0. The van der Waals surface area contributed by atoms with Crippen LogP contribution in [0.3, 0.4) is 0 Å². The number of carbonyl (C=O) groups excluding carboxylic acids is 1. The Hall–Kier alpha value is -1.13. The van der Waals surface area contributed by atoms with Crippen molar-refractivity contribution >= 4 is 17.5 Å². The molecule has 1 rings (SSSR count). The Morgan fingerprint density at radius 3 is 2.94 bits per heavy atom. The van der Waals surface area contributed by atoms with Crippen LogP contribution < -0.4 is 5.32 Å². The Morgan fingerprint density at radius 1 is 1.62 bits per heavy atom. The maximum absolute atomic E-state index is 11.6. The molecule has 5 heteroatoms. The van der Waals surface area contributed by atoms with Crippen molar-refractivity contribution < 1.29 is 9.53 Å². The van der Waals surface area contributed by atoms with Crippen molar-refractivity contribution in [2.75, 3.05) is 20.3 Å². The van der Waals surface area contributed by atoms with Crippen LogP contribution in [0.2, 0.25) is 5.15 Å². The van der Waals surface area contributed by atoms with E-state index in [1.165, 1.54) is 6.20 Å². The molecule has 1 heterocycles. The Morgan fingerprint density at radius 2 is 2.38 bits per heavy atom. The summed E-state index contributed by atoms with van der Waals surface area (Å²) in [6, 6.07) is 3.24. The van der Waals surface area contributed by atoms with E-state index in [-0.39, 0.29) is 11.8 Å². The summed E-state index contributed by atoms with van der Waals surface area (Å²) in [5.74, 6) is 0.140. The molecule has 1 N–H and O–H groups in total. The Labute approximate surface area is 100.0 Å². The van der Waals surface area contributed by atoms with Gasteiger partial charge in [0.15, 0.2) is 0 Å². The third-order valence-electron chi connectivity index (χ3n) is 2.05. The first-order valence-electron chi connectivity index (χ1n) is 5.02. The molecule has 0 saturated heterocycles. The maximum atomic E-state index is 11.6. The molecule has 0 aliphatic rings. The van der Waals surface area contributed by atoms with E-state index in [9.17, 15) is 4.79 Å². The van der Waals surface area contributed by atoms with E-state index in [4.69, 9.17) is 16.3 Å². The van der Waals surface area contributed by atoms with Crippen LogP contribution in [-0.2, 0) is 4.74 Å². The molecular weight excluding hydrogens is 228 g/mol. The highest BCUT2D eigenvalue weighted by atomic mass is 35.5. The summed E-state index contributed by atoms with van der Waals surface area (Å²) in [6.07, 6.45) is 1.46. The molecule has 1 aromatic heterocycles. The first-order valence-corrected chi connectivity index (χ1v) is 5.40. The molecule has 88 valence electrons. The van der Waals surface area contributed by atoms with Gasteiger partial charge < -0.3 is 10.1 Å². The summed E-state index contributed by atoms with van der Waals surface area (Å²) in [4.78, 5) is 15.5. The molecule has 0 aromatic carbocycles. The summed E-state index contributed by atoms with van der Waals surface area (Å²) in [5.41, 5.74) is 0.508. The van der Waals surface area contributed by atoms with Crippen molar-refractivity contribution in [2.24, 2.45) is 5.92 Å². The lowest BCUT2D eigenvalue weighted by molar-refractivity contribution is 0.0933. The third kappa shape index (κ3) is 4.16. The molecule has 0 aliphatic heterocycles. The number of nitrogens with zero attached hydrogens (tertiary/aromatic N) is 1. The topological polar surface area (TPSA) is 51.2 Å². The fourth-order valence-corrected chi connectivity index (χ4v) is 1.33. The lowest BCUT2D eigenvalue weighted by Gasteiger charge is -2.11. The fraction of sp³-hybridized carbons (Fsp3) is 0.455. The number of hydrogen-bond donors (Lipinski definition) is 1. The highest BCUT2D eigenvalue weighted by molar-refractivity contribution is 6.29. The van der Waals surface area contributed by atoms with Crippen LogP contribution in [0.5, 0.6) is 0 Å². The SMILES string of the molecule is COCC(C)CNC(=O)c1ccc(Cl)nc1. The lowest BCUT2D eigenvalue weighted by atomic mass is 10.2. The van der Waals surface area contributed by atoms with Gasteiger partial charge in [-0.25, -0.2) is 4.98 Å². The van der Waals surface area contributed by atoms with Crippen LogP contribution in [-0.4, -0.2) is 31.2 Å². The number of ether oxygens (including phenoxy) is 1. The summed E-state index contributed by atoms with van der Waals surface area (Å²) in [7, 11) is 1.64. The molecule has 4 nitrogen and oxygen atoms in total. The second-order valence-corrected chi connectivity index (χ2v) is 4.03. The first-order chi connectivity index (χ1) is 7.63. The molecule has 0 aliphatic carbocycles. The number of nitrogens with one attached hydrogen (secondary N) is 1. The molecule has 0 fully saturated rings. The van der Waals surface area contributed by atoms with Crippen LogP contribution in [0.4, 0.5) is 0 Å². The van der Waals surface area contributed by atoms with Gasteiger partial charge in [0.25, 0.3) is 5.91 Å². The standard InChI is InChI=1S/C11H15ClN2O2/c1-8(7-16-2)5-14-11(15)9-3-4-10(12)13-6-9/h3-4,6,8H,5,7H2,1-2H3,(H,14,15). The third-order valence-corrected chi connectivity index (χ3v) is 2.28. The minimum atomic E-state index is -0.146. The molecule has 1 aromatic rings. The predicted octanol–water partition coefficient (Wildman–Crippen LogP) is 1.75. The molecule has 1 unspecified atom stereocenters. The van der Waals surface area contributed by atoms with E-state index in [1.54, 1.807) is 19.2 Å². The average Bonchev–Trinajstić information content (AvgIpc) is 2.27. The van der Waals surface area contributed by atoms with Crippen molar-refractivity contribution in [3.05, 3.63) is 29.0 Å². The predicted molar refractivity (Wildman–Crippen MR) is 62.6 cm³/mol. The van der Waals surface area contributed by atoms with E-state index in [2.05, 4.69) is 10.3 Å². The minimum Gasteiger partial charge on any atom is -0.384 e. The Kier molecular flexibility index (Phi) is 5.22. The number of methoxy groups -OCH3 is 1. The van der Waals surface area contributed by atoms with E-state index >= 15 is 0 Å². The number of aromatic nitrogens is 1. The average molecular weight is 243 g/mol. The number of carbonyl (C=O) groups is 1. The van der Waals surface area contributed by atoms with Crippen molar-refractivity contribution in [2.45, 2.75) is 6.92 Å². The normalized spacial score (nSPS) is 12.2. The number of hydrogen-bond acceptors (Lipinski definition) is 3. The summed E-state index contributed by atoms with van der Waals surface area (Å²) >= 11 is 5.63. The summed E-state index contributed by atoms with van der Waals surface area (Å²) in [5, 5.41) is 3.18. The van der Waals surface area contributed by atoms with E-state index in [1.807, 2.05) is 6.92 Å². The zero-order valence-electron chi connectivity index (χ0n) is 9.37. The van der Waals surface area contributed by atoms with E-state index in [0.717, 1.165) is 0 Å². The number of pyridine rings is 1. The van der Waals surface area contributed by atoms with E-state index in [0.29, 0.717) is 23.9 Å².